The largest absolute Gasteiger partial charge is 0.376 e. The van der Waals surface area contributed by atoms with Crippen LogP contribution < -0.4 is 5.32 Å². The van der Waals surface area contributed by atoms with E-state index in [0.29, 0.717) is 31.7 Å². The van der Waals surface area contributed by atoms with Crippen LogP contribution in [0.15, 0.2) is 54.6 Å². The van der Waals surface area contributed by atoms with E-state index < -0.39 is 0 Å². The SMILES string of the molecule is CNC(=O)c1ccc(CN(C)C(=O)CCOCc2ccccc2)cc1. The third-order valence-electron chi connectivity index (χ3n) is 3.86. The molecular weight excluding hydrogens is 316 g/mol. The zero-order chi connectivity index (χ0) is 18.1. The summed E-state index contributed by atoms with van der Waals surface area (Å²) in [5, 5.41) is 2.58. The molecule has 0 aromatic heterocycles. The van der Waals surface area contributed by atoms with Gasteiger partial charge in [0.05, 0.1) is 19.6 Å². The van der Waals surface area contributed by atoms with Crippen LogP contribution in [-0.4, -0.2) is 37.4 Å². The van der Waals surface area contributed by atoms with Crippen LogP contribution in [0.3, 0.4) is 0 Å². The van der Waals surface area contributed by atoms with Gasteiger partial charge in [0, 0.05) is 26.2 Å². The normalized spacial score (nSPS) is 10.3. The minimum atomic E-state index is -0.119. The molecular formula is C20H24N2O3. The molecule has 0 heterocycles. The predicted octanol–water partition coefficient (Wildman–Crippen LogP) is 2.61. The van der Waals surface area contributed by atoms with E-state index in [-0.39, 0.29) is 11.8 Å². The summed E-state index contributed by atoms with van der Waals surface area (Å²) in [6, 6.07) is 17.1. The highest BCUT2D eigenvalue weighted by atomic mass is 16.5. The number of hydrogen-bond acceptors (Lipinski definition) is 3. The molecule has 2 aromatic rings. The van der Waals surface area contributed by atoms with Crippen molar-refractivity contribution >= 4 is 11.8 Å². The minimum absolute atomic E-state index is 0.0310. The number of carbonyl (C=O) groups is 2. The first-order valence-corrected chi connectivity index (χ1v) is 8.27. The lowest BCUT2D eigenvalue weighted by Gasteiger charge is -2.17. The minimum Gasteiger partial charge on any atom is -0.376 e. The second kappa shape index (κ2) is 9.59. The Morgan fingerprint density at radius 2 is 1.68 bits per heavy atom. The molecule has 0 radical (unpaired) electrons. The van der Waals surface area contributed by atoms with Gasteiger partial charge in [0.2, 0.25) is 5.91 Å². The summed E-state index contributed by atoms with van der Waals surface area (Å²) in [7, 11) is 3.37. The number of carbonyl (C=O) groups excluding carboxylic acids is 2. The van der Waals surface area contributed by atoms with Gasteiger partial charge in [-0.1, -0.05) is 42.5 Å². The van der Waals surface area contributed by atoms with Gasteiger partial charge in [-0.15, -0.1) is 0 Å². The van der Waals surface area contributed by atoms with Gasteiger partial charge < -0.3 is 15.0 Å². The number of rotatable bonds is 8. The van der Waals surface area contributed by atoms with Gasteiger partial charge in [0.1, 0.15) is 0 Å². The van der Waals surface area contributed by atoms with E-state index in [9.17, 15) is 9.59 Å². The van der Waals surface area contributed by atoms with Gasteiger partial charge in [0.15, 0.2) is 0 Å². The summed E-state index contributed by atoms with van der Waals surface area (Å²) >= 11 is 0. The van der Waals surface area contributed by atoms with E-state index in [1.807, 2.05) is 42.5 Å². The monoisotopic (exact) mass is 340 g/mol. The van der Waals surface area contributed by atoms with Crippen LogP contribution in [0.2, 0.25) is 0 Å². The third-order valence-corrected chi connectivity index (χ3v) is 3.86. The molecule has 2 amide bonds. The quantitative estimate of drug-likeness (QED) is 0.752. The predicted molar refractivity (Wildman–Crippen MR) is 97.0 cm³/mol. The highest BCUT2D eigenvalue weighted by Crippen LogP contribution is 2.08. The maximum Gasteiger partial charge on any atom is 0.251 e. The topological polar surface area (TPSA) is 58.6 Å². The number of ether oxygens (including phenoxy) is 1. The summed E-state index contributed by atoms with van der Waals surface area (Å²) in [4.78, 5) is 25.3. The summed E-state index contributed by atoms with van der Waals surface area (Å²) in [6.07, 6.45) is 0.347. The molecule has 1 N–H and O–H groups in total. The third kappa shape index (κ3) is 6.04. The Labute approximate surface area is 148 Å². The van der Waals surface area contributed by atoms with Crippen LogP contribution in [-0.2, 0) is 22.7 Å². The fourth-order valence-corrected chi connectivity index (χ4v) is 2.38. The van der Waals surface area contributed by atoms with Crippen molar-refractivity contribution < 1.29 is 14.3 Å². The van der Waals surface area contributed by atoms with Crippen LogP contribution >= 0.6 is 0 Å². The fraction of sp³-hybridized carbons (Fsp3) is 0.300. The molecule has 0 unspecified atom stereocenters. The number of benzene rings is 2. The average Bonchev–Trinajstić information content (AvgIpc) is 2.65. The van der Waals surface area contributed by atoms with Crippen LogP contribution in [0.5, 0.6) is 0 Å². The van der Waals surface area contributed by atoms with Crippen molar-refractivity contribution in [2.45, 2.75) is 19.6 Å². The molecule has 0 spiro atoms. The highest BCUT2D eigenvalue weighted by molar-refractivity contribution is 5.93. The molecule has 5 heteroatoms. The first-order chi connectivity index (χ1) is 12.1. The van der Waals surface area contributed by atoms with Crippen molar-refractivity contribution in [1.29, 1.82) is 0 Å². The Hall–Kier alpha value is -2.66. The second-order valence-corrected chi connectivity index (χ2v) is 5.81. The van der Waals surface area contributed by atoms with E-state index in [2.05, 4.69) is 5.32 Å². The first-order valence-electron chi connectivity index (χ1n) is 8.27. The molecule has 0 aliphatic carbocycles. The van der Waals surface area contributed by atoms with Crippen molar-refractivity contribution in [2.75, 3.05) is 20.7 Å². The molecule has 5 nitrogen and oxygen atoms in total. The molecule has 0 saturated carbocycles. The zero-order valence-electron chi connectivity index (χ0n) is 14.7. The zero-order valence-corrected chi connectivity index (χ0v) is 14.7. The second-order valence-electron chi connectivity index (χ2n) is 5.81. The number of hydrogen-bond donors (Lipinski definition) is 1. The van der Waals surface area contributed by atoms with E-state index in [1.165, 1.54) is 0 Å². The van der Waals surface area contributed by atoms with Gasteiger partial charge in [-0.2, -0.15) is 0 Å². The molecule has 0 aliphatic rings. The molecule has 0 bridgehead atoms. The lowest BCUT2D eigenvalue weighted by Crippen LogP contribution is -2.27. The van der Waals surface area contributed by atoms with Crippen LogP contribution in [0.4, 0.5) is 0 Å². The van der Waals surface area contributed by atoms with Crippen molar-refractivity contribution in [3.05, 3.63) is 71.3 Å². The molecule has 132 valence electrons. The van der Waals surface area contributed by atoms with Crippen LogP contribution in [0.25, 0.3) is 0 Å². The molecule has 0 fully saturated rings. The van der Waals surface area contributed by atoms with E-state index in [1.54, 1.807) is 31.1 Å². The Morgan fingerprint density at radius 3 is 2.32 bits per heavy atom. The average molecular weight is 340 g/mol. The summed E-state index contributed by atoms with van der Waals surface area (Å²) in [5.74, 6) is -0.0880. The molecule has 0 atom stereocenters. The molecule has 0 saturated heterocycles. The van der Waals surface area contributed by atoms with Crippen LogP contribution in [0.1, 0.15) is 27.9 Å². The smallest absolute Gasteiger partial charge is 0.251 e. The maximum absolute atomic E-state index is 12.2. The highest BCUT2D eigenvalue weighted by Gasteiger charge is 2.10. The van der Waals surface area contributed by atoms with Crippen LogP contribution in [0, 0.1) is 0 Å². The van der Waals surface area contributed by atoms with Gasteiger partial charge in [0.25, 0.3) is 5.91 Å². The van der Waals surface area contributed by atoms with Gasteiger partial charge in [-0.25, -0.2) is 0 Å². The Morgan fingerprint density at radius 1 is 1.00 bits per heavy atom. The Balaban J connectivity index is 1.73. The van der Waals surface area contributed by atoms with Crippen molar-refractivity contribution in [3.63, 3.8) is 0 Å². The lowest BCUT2D eigenvalue weighted by atomic mass is 10.1. The van der Waals surface area contributed by atoms with Gasteiger partial charge in [-0.05, 0) is 23.3 Å². The Bertz CT molecular complexity index is 684. The van der Waals surface area contributed by atoms with Crippen molar-refractivity contribution in [2.24, 2.45) is 0 Å². The number of nitrogens with zero attached hydrogens (tertiary/aromatic N) is 1. The summed E-state index contributed by atoms with van der Waals surface area (Å²) in [6.45, 7) is 1.41. The number of nitrogens with one attached hydrogen (secondary N) is 1. The first kappa shape index (κ1) is 18.7. The van der Waals surface area contributed by atoms with E-state index >= 15 is 0 Å². The summed E-state index contributed by atoms with van der Waals surface area (Å²) < 4.78 is 5.55. The molecule has 2 aromatic carbocycles. The standard InChI is InChI=1S/C20H24N2O3/c1-21-20(24)18-10-8-16(9-11-18)14-22(2)19(23)12-13-25-15-17-6-4-3-5-7-17/h3-11H,12-15H2,1-2H3,(H,21,24). The van der Waals surface area contributed by atoms with E-state index in [0.717, 1.165) is 11.1 Å². The fourth-order valence-electron chi connectivity index (χ4n) is 2.38. The number of amides is 2. The lowest BCUT2D eigenvalue weighted by molar-refractivity contribution is -0.131. The maximum atomic E-state index is 12.2. The molecule has 25 heavy (non-hydrogen) atoms. The van der Waals surface area contributed by atoms with E-state index in [4.69, 9.17) is 4.74 Å². The van der Waals surface area contributed by atoms with Crippen molar-refractivity contribution in [3.8, 4) is 0 Å². The molecule has 2 rings (SSSR count). The Kier molecular flexibility index (Phi) is 7.16. The van der Waals surface area contributed by atoms with Gasteiger partial charge >= 0.3 is 0 Å². The summed E-state index contributed by atoms with van der Waals surface area (Å²) in [5.41, 5.74) is 2.68. The van der Waals surface area contributed by atoms with Crippen molar-refractivity contribution in [1.82, 2.24) is 10.2 Å². The molecule has 0 aliphatic heterocycles. The van der Waals surface area contributed by atoms with Gasteiger partial charge in [-0.3, -0.25) is 9.59 Å².